The van der Waals surface area contributed by atoms with Crippen LogP contribution in [0.25, 0.3) is 10.7 Å². The van der Waals surface area contributed by atoms with Crippen LogP contribution in [-0.4, -0.2) is 21.1 Å². The number of carbonyl (C=O) groups excluding carboxylic acids is 1. The third kappa shape index (κ3) is 3.25. The number of rotatable bonds is 6. The van der Waals surface area contributed by atoms with Crippen molar-refractivity contribution in [1.29, 1.82) is 0 Å². The van der Waals surface area contributed by atoms with E-state index in [9.17, 15) is 4.79 Å². The molecule has 0 unspecified atom stereocenters. The summed E-state index contributed by atoms with van der Waals surface area (Å²) in [5.74, 6) is 0. The molecule has 21 heavy (non-hydrogen) atoms. The van der Waals surface area contributed by atoms with Crippen LogP contribution in [0.3, 0.4) is 0 Å². The maximum atomic E-state index is 11.2. The van der Waals surface area contributed by atoms with Crippen LogP contribution in [0.5, 0.6) is 0 Å². The Morgan fingerprint density at radius 2 is 2.10 bits per heavy atom. The second kappa shape index (κ2) is 6.45. The van der Waals surface area contributed by atoms with E-state index in [1.165, 1.54) is 16.9 Å². The molecule has 0 aliphatic carbocycles. The van der Waals surface area contributed by atoms with Gasteiger partial charge in [0, 0.05) is 24.3 Å². The van der Waals surface area contributed by atoms with Gasteiger partial charge in [0.1, 0.15) is 10.7 Å². The van der Waals surface area contributed by atoms with Crippen molar-refractivity contribution in [2.45, 2.75) is 19.4 Å². The van der Waals surface area contributed by atoms with Crippen molar-refractivity contribution in [3.05, 3.63) is 59.2 Å². The first-order chi connectivity index (χ1) is 10.4. The van der Waals surface area contributed by atoms with E-state index >= 15 is 0 Å². The highest BCUT2D eigenvalue weighted by atomic mass is 32.1. The molecule has 4 nitrogen and oxygen atoms in total. The summed E-state index contributed by atoms with van der Waals surface area (Å²) in [5.41, 5.74) is 2.60. The van der Waals surface area contributed by atoms with Crippen LogP contribution >= 0.6 is 11.3 Å². The average molecular weight is 297 g/mol. The Morgan fingerprint density at radius 3 is 2.81 bits per heavy atom. The number of hydrogen-bond acceptors (Lipinski definition) is 4. The van der Waals surface area contributed by atoms with E-state index in [1.807, 2.05) is 28.3 Å². The molecule has 0 fully saturated rings. The summed E-state index contributed by atoms with van der Waals surface area (Å²) in [6.07, 6.45) is 6.36. The molecule has 0 amide bonds. The fourth-order valence-electron chi connectivity index (χ4n) is 2.23. The number of aryl methyl sites for hydroxylation is 2. The molecule has 0 aliphatic heterocycles. The average Bonchev–Trinajstić information content (AvgIpc) is 3.17. The molecule has 5 heteroatoms. The third-order valence-electron chi connectivity index (χ3n) is 3.25. The normalized spacial score (nSPS) is 10.7. The summed E-state index contributed by atoms with van der Waals surface area (Å²) in [5, 5.41) is 7.17. The van der Waals surface area contributed by atoms with Crippen LogP contribution in [0.2, 0.25) is 0 Å². The zero-order valence-corrected chi connectivity index (χ0v) is 12.3. The fourth-order valence-corrected chi connectivity index (χ4v) is 2.88. The minimum absolute atomic E-state index is 0.602. The summed E-state index contributed by atoms with van der Waals surface area (Å²) in [7, 11) is 0. The molecule has 1 aromatic carbocycles. The minimum atomic E-state index is 0.602. The highest BCUT2D eigenvalue weighted by molar-refractivity contribution is 7.13. The van der Waals surface area contributed by atoms with Gasteiger partial charge in [-0.05, 0) is 18.4 Å². The minimum Gasteiger partial charge on any atom is -0.298 e. The molecule has 0 radical (unpaired) electrons. The number of hydrogen-bond donors (Lipinski definition) is 0. The lowest BCUT2D eigenvalue weighted by Crippen LogP contribution is -2.00. The van der Waals surface area contributed by atoms with Crippen molar-refractivity contribution in [3.63, 3.8) is 0 Å². The first-order valence-electron chi connectivity index (χ1n) is 6.83. The van der Waals surface area contributed by atoms with E-state index in [2.05, 4.69) is 22.2 Å². The molecular formula is C16H15N3OS. The number of nitrogens with zero attached hydrogens (tertiary/aromatic N) is 3. The third-order valence-corrected chi connectivity index (χ3v) is 4.03. The van der Waals surface area contributed by atoms with Crippen molar-refractivity contribution in [2.75, 3.05) is 0 Å². The number of aldehydes is 1. The summed E-state index contributed by atoms with van der Waals surface area (Å²) >= 11 is 1.49. The predicted molar refractivity (Wildman–Crippen MR) is 83.5 cm³/mol. The Bertz CT molecular complexity index is 704. The summed E-state index contributed by atoms with van der Waals surface area (Å²) in [6, 6.07) is 10.4. The van der Waals surface area contributed by atoms with E-state index in [-0.39, 0.29) is 0 Å². The van der Waals surface area contributed by atoms with Crippen molar-refractivity contribution in [3.8, 4) is 10.7 Å². The van der Waals surface area contributed by atoms with Crippen LogP contribution < -0.4 is 0 Å². The Labute approximate surface area is 127 Å². The van der Waals surface area contributed by atoms with Gasteiger partial charge in [-0.25, -0.2) is 4.98 Å². The summed E-state index contributed by atoms with van der Waals surface area (Å²) < 4.78 is 1.84. The zero-order chi connectivity index (χ0) is 14.5. The first-order valence-corrected chi connectivity index (χ1v) is 7.71. The lowest BCUT2D eigenvalue weighted by molar-refractivity contribution is 0.112. The largest absolute Gasteiger partial charge is 0.298 e. The van der Waals surface area contributed by atoms with Crippen LogP contribution in [0.4, 0.5) is 0 Å². The van der Waals surface area contributed by atoms with E-state index in [4.69, 9.17) is 0 Å². The lowest BCUT2D eigenvalue weighted by Gasteiger charge is -2.02. The second-order valence-electron chi connectivity index (χ2n) is 4.74. The molecule has 3 rings (SSSR count). The molecule has 106 valence electrons. The molecule has 2 heterocycles. The van der Waals surface area contributed by atoms with Gasteiger partial charge >= 0.3 is 0 Å². The van der Waals surface area contributed by atoms with Gasteiger partial charge in [-0.3, -0.25) is 9.48 Å². The highest BCUT2D eigenvalue weighted by Crippen LogP contribution is 2.23. The predicted octanol–water partition coefficient (Wildman–Crippen LogP) is 3.45. The van der Waals surface area contributed by atoms with Crippen LogP contribution in [0.1, 0.15) is 22.3 Å². The Morgan fingerprint density at radius 1 is 1.24 bits per heavy atom. The van der Waals surface area contributed by atoms with Crippen molar-refractivity contribution >= 4 is 17.6 Å². The SMILES string of the molecule is O=Cc1cn(CCCc2ccccc2)nc1-c1nccs1. The molecule has 0 saturated heterocycles. The standard InChI is InChI=1S/C16H15N3OS/c20-12-14-11-19(18-15(14)16-17-8-10-21-16)9-4-7-13-5-2-1-3-6-13/h1-3,5-6,8,10-12H,4,7,9H2. The van der Waals surface area contributed by atoms with Gasteiger partial charge in [0.2, 0.25) is 0 Å². The Hall–Kier alpha value is -2.27. The second-order valence-corrected chi connectivity index (χ2v) is 5.63. The van der Waals surface area contributed by atoms with Crippen molar-refractivity contribution in [2.24, 2.45) is 0 Å². The van der Waals surface area contributed by atoms with Gasteiger partial charge in [-0.15, -0.1) is 11.3 Å². The summed E-state index contributed by atoms with van der Waals surface area (Å²) in [6.45, 7) is 0.793. The van der Waals surface area contributed by atoms with Crippen LogP contribution in [-0.2, 0) is 13.0 Å². The maximum absolute atomic E-state index is 11.2. The molecule has 0 spiro atoms. The zero-order valence-electron chi connectivity index (χ0n) is 11.5. The quantitative estimate of drug-likeness (QED) is 0.655. The fraction of sp³-hybridized carbons (Fsp3) is 0.188. The number of carbonyl (C=O) groups is 1. The summed E-state index contributed by atoms with van der Waals surface area (Å²) in [4.78, 5) is 15.4. The van der Waals surface area contributed by atoms with Gasteiger partial charge < -0.3 is 0 Å². The molecule has 2 aromatic heterocycles. The van der Waals surface area contributed by atoms with E-state index in [0.717, 1.165) is 30.7 Å². The monoisotopic (exact) mass is 297 g/mol. The molecular weight excluding hydrogens is 282 g/mol. The molecule has 0 saturated carbocycles. The number of aromatic nitrogens is 3. The van der Waals surface area contributed by atoms with E-state index in [0.29, 0.717) is 11.3 Å². The molecule has 0 atom stereocenters. The Balaban J connectivity index is 1.68. The van der Waals surface area contributed by atoms with Crippen molar-refractivity contribution in [1.82, 2.24) is 14.8 Å². The first kappa shape index (κ1) is 13.7. The number of thiazole rings is 1. The lowest BCUT2D eigenvalue weighted by atomic mass is 10.1. The molecule has 0 N–H and O–H groups in total. The molecule has 3 aromatic rings. The van der Waals surface area contributed by atoms with E-state index in [1.54, 1.807) is 12.4 Å². The van der Waals surface area contributed by atoms with Gasteiger partial charge in [-0.2, -0.15) is 5.10 Å². The van der Waals surface area contributed by atoms with Gasteiger partial charge in [0.15, 0.2) is 6.29 Å². The van der Waals surface area contributed by atoms with Crippen LogP contribution in [0.15, 0.2) is 48.1 Å². The van der Waals surface area contributed by atoms with Gasteiger partial charge in [0.25, 0.3) is 0 Å². The molecule has 0 aliphatic rings. The van der Waals surface area contributed by atoms with Gasteiger partial charge in [-0.1, -0.05) is 30.3 Å². The maximum Gasteiger partial charge on any atom is 0.153 e. The van der Waals surface area contributed by atoms with Crippen molar-refractivity contribution < 1.29 is 4.79 Å². The topological polar surface area (TPSA) is 47.8 Å². The highest BCUT2D eigenvalue weighted by Gasteiger charge is 2.12. The Kier molecular flexibility index (Phi) is 4.21. The molecule has 0 bridgehead atoms. The van der Waals surface area contributed by atoms with Gasteiger partial charge in [0.05, 0.1) is 5.56 Å². The van der Waals surface area contributed by atoms with Crippen LogP contribution in [0, 0.1) is 0 Å². The smallest absolute Gasteiger partial charge is 0.153 e. The number of benzene rings is 1. The van der Waals surface area contributed by atoms with E-state index < -0.39 is 0 Å².